The minimum absolute atomic E-state index is 0.0186. The van der Waals surface area contributed by atoms with Gasteiger partial charge in [0.15, 0.2) is 0 Å². The third-order valence-corrected chi connectivity index (χ3v) is 5.30. The van der Waals surface area contributed by atoms with Crippen LogP contribution in [0.1, 0.15) is 50.7 Å². The molecule has 0 bridgehead atoms. The fourth-order valence-electron chi connectivity index (χ4n) is 3.41. The van der Waals surface area contributed by atoms with E-state index in [1.807, 2.05) is 48.2 Å². The number of amides is 1. The van der Waals surface area contributed by atoms with Crippen LogP contribution in [-0.4, -0.2) is 36.5 Å². The molecular weight excluding hydrogens is 350 g/mol. The summed E-state index contributed by atoms with van der Waals surface area (Å²) in [7, 11) is 1.38. The van der Waals surface area contributed by atoms with Crippen LogP contribution in [0.5, 0.6) is 0 Å². The molecule has 0 radical (unpaired) electrons. The minimum atomic E-state index is -0.352. The largest absolute Gasteiger partial charge is 0.469 e. The zero-order valence-electron chi connectivity index (χ0n) is 17.3. The first-order valence-corrected chi connectivity index (χ1v) is 9.95. The molecule has 0 aliphatic heterocycles. The molecule has 0 N–H and O–H groups in total. The lowest BCUT2D eigenvalue weighted by Gasteiger charge is -2.32. The molecular formula is C24H31NO3. The van der Waals surface area contributed by atoms with Gasteiger partial charge in [-0.3, -0.25) is 9.59 Å². The quantitative estimate of drug-likeness (QED) is 0.594. The molecule has 28 heavy (non-hydrogen) atoms. The van der Waals surface area contributed by atoms with Crippen molar-refractivity contribution >= 4 is 11.9 Å². The molecule has 0 heterocycles. The van der Waals surface area contributed by atoms with E-state index in [0.717, 1.165) is 17.5 Å². The van der Waals surface area contributed by atoms with Gasteiger partial charge in [0.1, 0.15) is 0 Å². The van der Waals surface area contributed by atoms with E-state index in [9.17, 15) is 9.59 Å². The Morgan fingerprint density at radius 2 is 1.43 bits per heavy atom. The predicted molar refractivity (Wildman–Crippen MR) is 112 cm³/mol. The third kappa shape index (κ3) is 5.69. The highest BCUT2D eigenvalue weighted by Gasteiger charge is 2.27. The van der Waals surface area contributed by atoms with Crippen LogP contribution in [0, 0.1) is 5.92 Å². The Kier molecular flexibility index (Phi) is 8.24. The van der Waals surface area contributed by atoms with Gasteiger partial charge in [0.05, 0.1) is 13.0 Å². The van der Waals surface area contributed by atoms with Crippen LogP contribution in [-0.2, 0) is 14.3 Å². The van der Waals surface area contributed by atoms with Crippen molar-refractivity contribution in [1.82, 2.24) is 4.90 Å². The molecule has 2 unspecified atom stereocenters. The molecule has 0 aliphatic rings. The average Bonchev–Trinajstić information content (AvgIpc) is 2.75. The summed E-state index contributed by atoms with van der Waals surface area (Å²) in [6.07, 6.45) is 1.20. The van der Waals surface area contributed by atoms with Crippen LogP contribution < -0.4 is 0 Å². The molecule has 2 atom stereocenters. The van der Waals surface area contributed by atoms with Gasteiger partial charge in [0.25, 0.3) is 0 Å². The van der Waals surface area contributed by atoms with E-state index in [1.54, 1.807) is 6.92 Å². The molecule has 4 heteroatoms. The van der Waals surface area contributed by atoms with Crippen molar-refractivity contribution in [3.63, 3.8) is 0 Å². The van der Waals surface area contributed by atoms with E-state index in [4.69, 9.17) is 4.74 Å². The lowest BCUT2D eigenvalue weighted by atomic mass is 9.88. The molecule has 150 valence electrons. The molecule has 1 amide bonds. The summed E-state index contributed by atoms with van der Waals surface area (Å²) < 4.78 is 4.85. The smallest absolute Gasteiger partial charge is 0.310 e. The number of nitrogens with zero attached hydrogens (tertiary/aromatic N) is 1. The maximum absolute atomic E-state index is 13.3. The monoisotopic (exact) mass is 381 g/mol. The number of hydrogen-bond donors (Lipinski definition) is 0. The predicted octanol–water partition coefficient (Wildman–Crippen LogP) is 4.64. The highest BCUT2D eigenvalue weighted by atomic mass is 16.5. The number of carbonyl (C=O) groups excluding carboxylic acids is 2. The number of rotatable bonds is 9. The molecule has 0 aliphatic carbocycles. The second kappa shape index (κ2) is 10.6. The second-order valence-electron chi connectivity index (χ2n) is 7.31. The summed E-state index contributed by atoms with van der Waals surface area (Å²) in [5.41, 5.74) is 2.24. The van der Waals surface area contributed by atoms with Gasteiger partial charge in [-0.1, -0.05) is 74.5 Å². The minimum Gasteiger partial charge on any atom is -0.469 e. The molecule has 0 saturated carbocycles. The Morgan fingerprint density at radius 1 is 0.929 bits per heavy atom. The summed E-state index contributed by atoms with van der Waals surface area (Å²) in [4.78, 5) is 27.0. The summed E-state index contributed by atoms with van der Waals surface area (Å²) in [5.74, 6) is -0.601. The van der Waals surface area contributed by atoms with Crippen molar-refractivity contribution in [2.24, 2.45) is 5.92 Å². The Labute approximate surface area is 168 Å². The zero-order valence-corrected chi connectivity index (χ0v) is 17.3. The fraction of sp³-hybridized carbons (Fsp3) is 0.417. The van der Waals surface area contributed by atoms with Crippen molar-refractivity contribution in [2.75, 3.05) is 13.7 Å². The molecule has 0 saturated heterocycles. The van der Waals surface area contributed by atoms with Crippen LogP contribution in [0.15, 0.2) is 60.7 Å². The molecule has 2 aromatic carbocycles. The second-order valence-corrected chi connectivity index (χ2v) is 7.31. The summed E-state index contributed by atoms with van der Waals surface area (Å²) in [5, 5.41) is 0. The Balaban J connectivity index is 2.27. The van der Waals surface area contributed by atoms with Crippen LogP contribution >= 0.6 is 0 Å². The number of esters is 1. The topological polar surface area (TPSA) is 46.6 Å². The number of methoxy groups -OCH3 is 1. The van der Waals surface area contributed by atoms with Gasteiger partial charge in [0.2, 0.25) is 5.91 Å². The van der Waals surface area contributed by atoms with Crippen molar-refractivity contribution in [3.8, 4) is 0 Å². The zero-order chi connectivity index (χ0) is 20.5. The van der Waals surface area contributed by atoms with Crippen LogP contribution in [0.2, 0.25) is 0 Å². The van der Waals surface area contributed by atoms with E-state index in [2.05, 4.69) is 31.2 Å². The van der Waals surface area contributed by atoms with E-state index in [1.165, 1.54) is 7.11 Å². The standard InChI is InChI=1S/C24H31NO3/c1-5-19(3)25(17-18(2)24(27)28-4)23(26)16-22(20-12-8-6-9-13-20)21-14-10-7-11-15-21/h6-15,18-19,22H,5,16-17H2,1-4H3. The third-order valence-electron chi connectivity index (χ3n) is 5.30. The molecule has 0 spiro atoms. The molecule has 0 aromatic heterocycles. The van der Waals surface area contributed by atoms with Gasteiger partial charge < -0.3 is 9.64 Å². The number of hydrogen-bond acceptors (Lipinski definition) is 3. The summed E-state index contributed by atoms with van der Waals surface area (Å²) in [6.45, 7) is 6.26. The van der Waals surface area contributed by atoms with Crippen LogP contribution in [0.4, 0.5) is 0 Å². The van der Waals surface area contributed by atoms with Gasteiger partial charge in [0, 0.05) is 24.9 Å². The van der Waals surface area contributed by atoms with Gasteiger partial charge in [-0.15, -0.1) is 0 Å². The number of benzene rings is 2. The molecule has 2 rings (SSSR count). The Hall–Kier alpha value is -2.62. The van der Waals surface area contributed by atoms with E-state index in [0.29, 0.717) is 13.0 Å². The summed E-state index contributed by atoms with van der Waals surface area (Å²) >= 11 is 0. The van der Waals surface area contributed by atoms with E-state index >= 15 is 0 Å². The molecule has 4 nitrogen and oxygen atoms in total. The fourth-order valence-corrected chi connectivity index (χ4v) is 3.41. The number of carbonyl (C=O) groups is 2. The number of ether oxygens (including phenoxy) is 1. The van der Waals surface area contributed by atoms with Crippen LogP contribution in [0.25, 0.3) is 0 Å². The average molecular weight is 382 g/mol. The molecule has 2 aromatic rings. The first-order chi connectivity index (χ1) is 13.5. The highest BCUT2D eigenvalue weighted by molar-refractivity contribution is 5.79. The maximum atomic E-state index is 13.3. The van der Waals surface area contributed by atoms with Gasteiger partial charge in [-0.05, 0) is 24.5 Å². The molecule has 0 fully saturated rings. The lowest BCUT2D eigenvalue weighted by Crippen LogP contribution is -2.43. The Morgan fingerprint density at radius 3 is 1.86 bits per heavy atom. The van der Waals surface area contributed by atoms with Gasteiger partial charge in [-0.2, -0.15) is 0 Å². The Bertz CT molecular complexity index is 705. The van der Waals surface area contributed by atoms with Crippen molar-refractivity contribution < 1.29 is 14.3 Å². The normalized spacial score (nSPS) is 13.0. The van der Waals surface area contributed by atoms with E-state index in [-0.39, 0.29) is 29.8 Å². The van der Waals surface area contributed by atoms with Crippen molar-refractivity contribution in [1.29, 1.82) is 0 Å². The van der Waals surface area contributed by atoms with Crippen molar-refractivity contribution in [3.05, 3.63) is 71.8 Å². The lowest BCUT2D eigenvalue weighted by molar-refractivity contribution is -0.147. The summed E-state index contributed by atoms with van der Waals surface area (Å²) in [6, 6.07) is 20.3. The first-order valence-electron chi connectivity index (χ1n) is 9.95. The van der Waals surface area contributed by atoms with Crippen molar-refractivity contribution in [2.45, 2.75) is 45.6 Å². The highest BCUT2D eigenvalue weighted by Crippen LogP contribution is 2.29. The van der Waals surface area contributed by atoms with Gasteiger partial charge in [-0.25, -0.2) is 0 Å². The maximum Gasteiger partial charge on any atom is 0.310 e. The van der Waals surface area contributed by atoms with Crippen LogP contribution in [0.3, 0.4) is 0 Å². The van der Waals surface area contributed by atoms with Gasteiger partial charge >= 0.3 is 5.97 Å². The SMILES string of the molecule is CCC(C)N(CC(C)C(=O)OC)C(=O)CC(c1ccccc1)c1ccccc1. The first kappa shape index (κ1) is 21.7. The van der Waals surface area contributed by atoms with E-state index < -0.39 is 0 Å².